The molecule has 0 N–H and O–H groups in total. The maximum Gasteiger partial charge on any atom is 0.494 e. The molecule has 0 spiro atoms. The molecular weight excluding hydrogens is 423 g/mol. The highest BCUT2D eigenvalue weighted by Crippen LogP contribution is 2.38. The predicted octanol–water partition coefficient (Wildman–Crippen LogP) is 5.08. The van der Waals surface area contributed by atoms with Crippen molar-refractivity contribution in [2.75, 3.05) is 11.4 Å². The Balaban J connectivity index is 1.84. The lowest BCUT2D eigenvalue weighted by molar-refractivity contribution is 0.00578. The minimum Gasteiger partial charge on any atom is -0.399 e. The average Bonchev–Trinajstić information content (AvgIpc) is 3.26. The van der Waals surface area contributed by atoms with Gasteiger partial charge in [0.1, 0.15) is 12.2 Å². The summed E-state index contributed by atoms with van der Waals surface area (Å²) in [6.45, 7) is 13.2. The fourth-order valence-corrected chi connectivity index (χ4v) is 3.97. The van der Waals surface area contributed by atoms with Crippen molar-refractivity contribution in [3.05, 3.63) is 59.6 Å². The molecule has 8 heteroatoms. The fraction of sp³-hybridized carbons (Fsp3) is 0.417. The molecule has 32 heavy (non-hydrogen) atoms. The van der Waals surface area contributed by atoms with Gasteiger partial charge < -0.3 is 14.2 Å². The second-order valence-electron chi connectivity index (χ2n) is 9.21. The summed E-state index contributed by atoms with van der Waals surface area (Å²) in [6, 6.07) is 14.2. The minimum atomic E-state index is -0.441. The molecule has 2 aromatic carbocycles. The highest BCUT2D eigenvalue weighted by atomic mass is 35.5. The molecule has 0 atom stereocenters. The largest absolute Gasteiger partial charge is 0.494 e. The molecule has 3 aromatic rings. The molecule has 1 fully saturated rings. The Labute approximate surface area is 195 Å². The van der Waals surface area contributed by atoms with Gasteiger partial charge in [0.2, 0.25) is 0 Å². The molecule has 0 radical (unpaired) electrons. The number of rotatable bonds is 6. The van der Waals surface area contributed by atoms with Gasteiger partial charge in [-0.2, -0.15) is 0 Å². The van der Waals surface area contributed by atoms with Gasteiger partial charge in [-0.25, -0.2) is 0 Å². The number of nitrogens with zero attached hydrogens (tertiary/aromatic N) is 4. The van der Waals surface area contributed by atoms with Crippen molar-refractivity contribution in [3.8, 4) is 5.69 Å². The van der Waals surface area contributed by atoms with Crippen molar-refractivity contribution in [2.45, 2.75) is 59.2 Å². The van der Waals surface area contributed by atoms with E-state index in [1.807, 2.05) is 35.8 Å². The molecule has 1 aromatic heterocycles. The third kappa shape index (κ3) is 4.17. The van der Waals surface area contributed by atoms with E-state index < -0.39 is 18.3 Å². The molecule has 1 aliphatic rings. The molecule has 0 saturated carbocycles. The predicted molar refractivity (Wildman–Crippen MR) is 131 cm³/mol. The number of hydrogen-bond acceptors (Lipinski definition) is 5. The van der Waals surface area contributed by atoms with E-state index in [1.54, 1.807) is 6.33 Å². The van der Waals surface area contributed by atoms with Crippen LogP contribution in [0.1, 0.15) is 46.9 Å². The van der Waals surface area contributed by atoms with Gasteiger partial charge in [-0.3, -0.25) is 4.57 Å². The van der Waals surface area contributed by atoms with Crippen molar-refractivity contribution >= 4 is 35.6 Å². The van der Waals surface area contributed by atoms with E-state index >= 15 is 0 Å². The van der Waals surface area contributed by atoms with Gasteiger partial charge in [-0.1, -0.05) is 24.6 Å². The van der Waals surface area contributed by atoms with Crippen molar-refractivity contribution in [1.82, 2.24) is 14.8 Å². The zero-order valence-corrected chi connectivity index (χ0v) is 20.3. The molecule has 2 heterocycles. The maximum atomic E-state index is 6.33. The van der Waals surface area contributed by atoms with Crippen LogP contribution in [0.3, 0.4) is 0 Å². The van der Waals surface area contributed by atoms with Crippen LogP contribution in [-0.4, -0.2) is 39.6 Å². The Kier molecular flexibility index (Phi) is 6.09. The number of anilines is 2. The number of halogens is 1. The molecule has 6 nitrogen and oxygen atoms in total. The molecule has 1 aliphatic heterocycles. The van der Waals surface area contributed by atoms with Crippen molar-refractivity contribution in [2.24, 2.45) is 0 Å². The SMILES string of the molecule is CCCN(c1ccc(Cl)cc1)c1cc(B2OC(C)(C)C(C)(C)O2)ccc1-n1cnnc1C. The maximum absolute atomic E-state index is 6.33. The summed E-state index contributed by atoms with van der Waals surface area (Å²) in [5.41, 5.74) is 3.26. The van der Waals surface area contributed by atoms with Crippen LogP contribution in [0.5, 0.6) is 0 Å². The number of aromatic nitrogens is 3. The first-order chi connectivity index (χ1) is 15.1. The van der Waals surface area contributed by atoms with E-state index in [2.05, 4.69) is 67.9 Å². The first-order valence-electron chi connectivity index (χ1n) is 11.0. The van der Waals surface area contributed by atoms with Crippen LogP contribution in [0, 0.1) is 6.92 Å². The number of hydrogen-bond donors (Lipinski definition) is 0. The normalized spacial score (nSPS) is 17.0. The molecule has 0 bridgehead atoms. The summed E-state index contributed by atoms with van der Waals surface area (Å²) < 4.78 is 14.7. The zero-order chi connectivity index (χ0) is 23.1. The molecule has 0 aliphatic carbocycles. The van der Waals surface area contributed by atoms with Crippen molar-refractivity contribution in [3.63, 3.8) is 0 Å². The minimum absolute atomic E-state index is 0.402. The van der Waals surface area contributed by atoms with Gasteiger partial charge in [0, 0.05) is 17.3 Å². The Bertz CT molecular complexity index is 1080. The standard InChI is InChI=1S/C24H30BClN4O2/c1-7-14-29(20-11-9-19(26)10-12-20)22-15-18(25-31-23(3,4)24(5,6)32-25)8-13-21(22)30-16-27-28-17(30)2/h8-13,15-16H,7,14H2,1-6H3. The second kappa shape index (κ2) is 8.54. The molecule has 168 valence electrons. The Morgan fingerprint density at radius 3 is 2.25 bits per heavy atom. The molecular formula is C24H30BClN4O2. The summed E-state index contributed by atoms with van der Waals surface area (Å²) in [4.78, 5) is 2.29. The zero-order valence-electron chi connectivity index (χ0n) is 19.6. The van der Waals surface area contributed by atoms with Gasteiger partial charge >= 0.3 is 7.12 Å². The van der Waals surface area contributed by atoms with E-state index in [9.17, 15) is 0 Å². The van der Waals surface area contributed by atoms with Gasteiger partial charge in [0.25, 0.3) is 0 Å². The quantitative estimate of drug-likeness (QED) is 0.488. The van der Waals surface area contributed by atoms with Gasteiger partial charge in [0.15, 0.2) is 0 Å². The second-order valence-corrected chi connectivity index (χ2v) is 9.65. The first-order valence-corrected chi connectivity index (χ1v) is 11.4. The van der Waals surface area contributed by atoms with Crippen molar-refractivity contribution < 1.29 is 9.31 Å². The smallest absolute Gasteiger partial charge is 0.399 e. The third-order valence-corrected chi connectivity index (χ3v) is 6.63. The highest BCUT2D eigenvalue weighted by Gasteiger charge is 2.51. The summed E-state index contributed by atoms with van der Waals surface area (Å²) in [6.07, 6.45) is 2.72. The van der Waals surface area contributed by atoms with E-state index in [0.29, 0.717) is 5.02 Å². The van der Waals surface area contributed by atoms with Crippen LogP contribution in [0.15, 0.2) is 48.8 Å². The number of aryl methyl sites for hydroxylation is 1. The first kappa shape index (κ1) is 22.8. The van der Waals surface area contributed by atoms with Crippen LogP contribution >= 0.6 is 11.6 Å². The van der Waals surface area contributed by atoms with E-state index in [0.717, 1.165) is 41.3 Å². The lowest BCUT2D eigenvalue weighted by atomic mass is 9.78. The highest BCUT2D eigenvalue weighted by molar-refractivity contribution is 6.62. The molecule has 4 rings (SSSR count). The van der Waals surface area contributed by atoms with Crippen LogP contribution in [0.25, 0.3) is 5.69 Å². The molecule has 0 amide bonds. The van der Waals surface area contributed by atoms with Crippen LogP contribution in [-0.2, 0) is 9.31 Å². The number of benzene rings is 2. The van der Waals surface area contributed by atoms with Gasteiger partial charge in [-0.05, 0) is 82.9 Å². The molecule has 1 saturated heterocycles. The fourth-order valence-electron chi connectivity index (χ4n) is 3.85. The topological polar surface area (TPSA) is 52.4 Å². The molecule has 0 unspecified atom stereocenters. The van der Waals surface area contributed by atoms with E-state index in [-0.39, 0.29) is 0 Å². The Hall–Kier alpha value is -2.35. The summed E-state index contributed by atoms with van der Waals surface area (Å²) in [5, 5.41) is 9.00. The van der Waals surface area contributed by atoms with Crippen molar-refractivity contribution in [1.29, 1.82) is 0 Å². The average molecular weight is 453 g/mol. The summed E-state index contributed by atoms with van der Waals surface area (Å²) in [7, 11) is -0.441. The monoisotopic (exact) mass is 452 g/mol. The van der Waals surface area contributed by atoms with Gasteiger partial charge in [0.05, 0.1) is 22.6 Å². The Morgan fingerprint density at radius 1 is 1.03 bits per heavy atom. The van der Waals surface area contributed by atoms with Crippen LogP contribution in [0.4, 0.5) is 11.4 Å². The summed E-state index contributed by atoms with van der Waals surface area (Å²) >= 11 is 6.17. The van der Waals surface area contributed by atoms with Gasteiger partial charge in [-0.15, -0.1) is 10.2 Å². The third-order valence-electron chi connectivity index (χ3n) is 6.38. The lowest BCUT2D eigenvalue weighted by Gasteiger charge is -2.32. The lowest BCUT2D eigenvalue weighted by Crippen LogP contribution is -2.41. The van der Waals surface area contributed by atoms with E-state index in [1.165, 1.54) is 0 Å². The van der Waals surface area contributed by atoms with Crippen LogP contribution in [0.2, 0.25) is 5.02 Å². The van der Waals surface area contributed by atoms with E-state index in [4.69, 9.17) is 20.9 Å². The van der Waals surface area contributed by atoms with Crippen LogP contribution < -0.4 is 10.4 Å². The summed E-state index contributed by atoms with van der Waals surface area (Å²) in [5.74, 6) is 0.821. The Morgan fingerprint density at radius 2 is 1.69 bits per heavy atom.